The van der Waals surface area contributed by atoms with E-state index >= 15 is 0 Å². The smallest absolute Gasteiger partial charge is 0.310 e. The molecule has 0 aromatic heterocycles. The summed E-state index contributed by atoms with van der Waals surface area (Å²) < 4.78 is 5.89. The predicted octanol–water partition coefficient (Wildman–Crippen LogP) is 5.18. The molecule has 4 heteroatoms. The normalized spacial score (nSPS) is 33.5. The van der Waals surface area contributed by atoms with E-state index < -0.39 is 0 Å². The van der Waals surface area contributed by atoms with Gasteiger partial charge in [-0.15, -0.1) is 0 Å². The molecule has 2 aliphatic carbocycles. The first-order chi connectivity index (χ1) is 14.5. The van der Waals surface area contributed by atoms with Gasteiger partial charge < -0.3 is 15.0 Å². The Morgan fingerprint density at radius 2 is 1.87 bits per heavy atom. The molecule has 0 spiro atoms. The number of ether oxygens (including phenoxy) is 1. The first-order valence-corrected chi connectivity index (χ1v) is 12.8. The van der Waals surface area contributed by atoms with Crippen LogP contribution in [0.2, 0.25) is 0 Å². The van der Waals surface area contributed by atoms with Gasteiger partial charge in [0.2, 0.25) is 0 Å². The molecule has 1 N–H and O–H groups in total. The molecule has 5 atom stereocenters. The summed E-state index contributed by atoms with van der Waals surface area (Å²) in [6.07, 6.45) is 12.2. The van der Waals surface area contributed by atoms with Crippen molar-refractivity contribution in [2.75, 3.05) is 32.7 Å². The Balaban J connectivity index is 1.44. The molecule has 3 fully saturated rings. The number of hydrogen-bond donors (Lipinski definition) is 1. The summed E-state index contributed by atoms with van der Waals surface area (Å²) in [5.41, 5.74) is 1.71. The number of rotatable bonds is 12. The van der Waals surface area contributed by atoms with Crippen molar-refractivity contribution in [3.8, 4) is 0 Å². The van der Waals surface area contributed by atoms with Crippen LogP contribution in [0.5, 0.6) is 0 Å². The summed E-state index contributed by atoms with van der Waals surface area (Å²) in [4.78, 5) is 15.3. The molecule has 2 saturated carbocycles. The highest BCUT2D eigenvalue weighted by Gasteiger charge is 2.54. The Morgan fingerprint density at radius 1 is 1.17 bits per heavy atom. The minimum absolute atomic E-state index is 0.0329. The Hall–Kier alpha value is -0.870. The van der Waals surface area contributed by atoms with E-state index in [9.17, 15) is 4.79 Å². The van der Waals surface area contributed by atoms with Crippen molar-refractivity contribution in [3.05, 3.63) is 12.2 Å². The first kappa shape index (κ1) is 23.8. The number of carbonyl (C=O) groups excluding carboxylic acids is 1. The highest BCUT2D eigenvalue weighted by Crippen LogP contribution is 2.56. The second kappa shape index (κ2) is 11.1. The number of fused-ring (bicyclic) bond motifs is 2. The fraction of sp³-hybridized carbons (Fsp3) is 0.885. The molecule has 0 bridgehead atoms. The molecule has 0 unspecified atom stereocenters. The lowest BCUT2D eigenvalue weighted by atomic mass is 9.55. The van der Waals surface area contributed by atoms with E-state index in [4.69, 9.17) is 4.74 Å². The predicted molar refractivity (Wildman–Crippen MR) is 124 cm³/mol. The molecule has 3 aliphatic rings. The second-order valence-electron chi connectivity index (χ2n) is 10.5. The van der Waals surface area contributed by atoms with Crippen molar-refractivity contribution in [1.29, 1.82) is 0 Å². The Bertz CT molecular complexity index is 569. The van der Waals surface area contributed by atoms with Gasteiger partial charge in [-0.1, -0.05) is 45.8 Å². The largest absolute Gasteiger partial charge is 0.462 e. The summed E-state index contributed by atoms with van der Waals surface area (Å²) in [5, 5.41) is 3.60. The molecule has 1 heterocycles. The minimum Gasteiger partial charge on any atom is -0.462 e. The average Bonchev–Trinajstić information content (AvgIpc) is 3.01. The van der Waals surface area contributed by atoms with Gasteiger partial charge in [-0.25, -0.2) is 0 Å². The zero-order chi connectivity index (χ0) is 21.6. The zero-order valence-corrected chi connectivity index (χ0v) is 19.9. The molecule has 0 aromatic carbocycles. The molecule has 3 rings (SSSR count). The first-order valence-electron chi connectivity index (χ1n) is 12.8. The molecule has 4 nitrogen and oxygen atoms in total. The zero-order valence-electron chi connectivity index (χ0n) is 19.9. The van der Waals surface area contributed by atoms with Crippen LogP contribution in [0, 0.1) is 23.2 Å². The quantitative estimate of drug-likeness (QED) is 0.269. The summed E-state index contributed by atoms with van der Waals surface area (Å²) in [6, 6.07) is 0. The van der Waals surface area contributed by atoms with Crippen LogP contribution in [-0.2, 0) is 9.53 Å². The molecule has 172 valence electrons. The van der Waals surface area contributed by atoms with Crippen LogP contribution in [0.25, 0.3) is 0 Å². The monoisotopic (exact) mass is 418 g/mol. The van der Waals surface area contributed by atoms with Gasteiger partial charge in [-0.2, -0.15) is 0 Å². The summed E-state index contributed by atoms with van der Waals surface area (Å²) in [6.45, 7) is 16.7. The SMILES string of the molecule is C=C1CCC[C@]2(C)C[C@@H]3OC(=O)[C@H](CNCCCN(CCCC)CCCC)[C@H]3C[C@@H]12. The van der Waals surface area contributed by atoms with E-state index in [1.807, 2.05) is 0 Å². The van der Waals surface area contributed by atoms with Crippen molar-refractivity contribution in [2.24, 2.45) is 23.2 Å². The van der Waals surface area contributed by atoms with Gasteiger partial charge in [-0.3, -0.25) is 4.79 Å². The van der Waals surface area contributed by atoms with E-state index in [0.717, 1.165) is 38.9 Å². The summed E-state index contributed by atoms with van der Waals surface area (Å²) in [7, 11) is 0. The number of esters is 1. The highest BCUT2D eigenvalue weighted by atomic mass is 16.6. The maximum absolute atomic E-state index is 12.6. The van der Waals surface area contributed by atoms with Crippen LogP contribution in [0.15, 0.2) is 12.2 Å². The Kier molecular flexibility index (Phi) is 8.82. The number of carbonyl (C=O) groups is 1. The van der Waals surface area contributed by atoms with Gasteiger partial charge in [0.25, 0.3) is 0 Å². The third-order valence-electron chi connectivity index (χ3n) is 8.17. The third kappa shape index (κ3) is 5.68. The van der Waals surface area contributed by atoms with Crippen LogP contribution in [-0.4, -0.2) is 49.7 Å². The highest BCUT2D eigenvalue weighted by molar-refractivity contribution is 5.75. The van der Waals surface area contributed by atoms with Crippen molar-refractivity contribution < 1.29 is 9.53 Å². The molecule has 0 aromatic rings. The molecule has 0 radical (unpaired) electrons. The topological polar surface area (TPSA) is 41.6 Å². The van der Waals surface area contributed by atoms with Crippen molar-refractivity contribution in [3.63, 3.8) is 0 Å². The molecule has 1 aliphatic heterocycles. The van der Waals surface area contributed by atoms with Crippen molar-refractivity contribution in [2.45, 2.75) is 91.1 Å². The van der Waals surface area contributed by atoms with E-state index in [-0.39, 0.29) is 18.0 Å². The average molecular weight is 419 g/mol. The van der Waals surface area contributed by atoms with E-state index in [1.54, 1.807) is 0 Å². The molecular weight excluding hydrogens is 372 g/mol. The molecule has 0 amide bonds. The van der Waals surface area contributed by atoms with Gasteiger partial charge in [0, 0.05) is 12.5 Å². The van der Waals surface area contributed by atoms with Crippen LogP contribution in [0.4, 0.5) is 0 Å². The number of hydrogen-bond acceptors (Lipinski definition) is 4. The number of unbranched alkanes of at least 4 members (excludes halogenated alkanes) is 2. The van der Waals surface area contributed by atoms with Crippen LogP contribution >= 0.6 is 0 Å². The van der Waals surface area contributed by atoms with Gasteiger partial charge in [-0.05, 0) is 88.9 Å². The molecule has 1 saturated heterocycles. The minimum atomic E-state index is 0.0329. The van der Waals surface area contributed by atoms with E-state index in [0.29, 0.717) is 17.3 Å². The number of nitrogens with one attached hydrogen (secondary N) is 1. The second-order valence-corrected chi connectivity index (χ2v) is 10.5. The van der Waals surface area contributed by atoms with Gasteiger partial charge in [0.1, 0.15) is 6.10 Å². The van der Waals surface area contributed by atoms with Gasteiger partial charge in [0.05, 0.1) is 5.92 Å². The molecule has 30 heavy (non-hydrogen) atoms. The maximum atomic E-state index is 12.6. The number of nitrogens with zero attached hydrogens (tertiary/aromatic N) is 1. The fourth-order valence-electron chi connectivity index (χ4n) is 6.27. The Morgan fingerprint density at radius 3 is 2.57 bits per heavy atom. The van der Waals surface area contributed by atoms with Crippen LogP contribution in [0.1, 0.15) is 85.0 Å². The van der Waals surface area contributed by atoms with E-state index in [2.05, 4.69) is 37.6 Å². The lowest BCUT2D eigenvalue weighted by molar-refractivity contribution is -0.146. The van der Waals surface area contributed by atoms with Crippen LogP contribution in [0.3, 0.4) is 0 Å². The summed E-state index contributed by atoms with van der Waals surface area (Å²) in [5.74, 6) is 1.03. The Labute approximate surface area is 185 Å². The van der Waals surface area contributed by atoms with Gasteiger partial charge in [0.15, 0.2) is 0 Å². The molecular formula is C26H46N2O2. The summed E-state index contributed by atoms with van der Waals surface area (Å²) >= 11 is 0. The van der Waals surface area contributed by atoms with Crippen molar-refractivity contribution in [1.82, 2.24) is 10.2 Å². The third-order valence-corrected chi connectivity index (χ3v) is 8.17. The standard InChI is InChI=1S/C26H46N2O2/c1-5-7-14-28(15-8-6-2)16-10-13-27-19-22-21-17-23-20(3)11-9-12-26(23,4)18-24(21)30-25(22)29/h21-24,27H,3,5-19H2,1-2,4H3/t21-,22-,23+,24+,26-/m1/s1. The fourth-order valence-corrected chi connectivity index (χ4v) is 6.27. The van der Waals surface area contributed by atoms with Gasteiger partial charge >= 0.3 is 5.97 Å². The van der Waals surface area contributed by atoms with Crippen molar-refractivity contribution >= 4 is 5.97 Å². The number of allylic oxidation sites excluding steroid dienone is 1. The lowest BCUT2D eigenvalue weighted by Gasteiger charge is -2.50. The maximum Gasteiger partial charge on any atom is 0.310 e. The van der Waals surface area contributed by atoms with E-state index in [1.165, 1.54) is 63.6 Å². The van der Waals surface area contributed by atoms with Crippen LogP contribution < -0.4 is 5.32 Å². The lowest BCUT2D eigenvalue weighted by Crippen LogP contribution is -2.45.